The van der Waals surface area contributed by atoms with E-state index in [0.29, 0.717) is 0 Å². The summed E-state index contributed by atoms with van der Waals surface area (Å²) in [5, 5.41) is 0.794. The molecule has 2 nitrogen and oxygen atoms in total. The van der Waals surface area contributed by atoms with Gasteiger partial charge < -0.3 is 0 Å². The fourth-order valence-corrected chi connectivity index (χ4v) is 0.333. The van der Waals surface area contributed by atoms with Gasteiger partial charge in [0.05, 0.1) is 0 Å². The van der Waals surface area contributed by atoms with Crippen molar-refractivity contribution in [2.45, 2.75) is 13.2 Å². The third kappa shape index (κ3) is 5.14. The van der Waals surface area contributed by atoms with Gasteiger partial charge in [0, 0.05) is 0 Å². The minimum atomic E-state index is -4.63. The van der Waals surface area contributed by atoms with Gasteiger partial charge in [0.1, 0.15) is 0 Å². The topological polar surface area (TPSA) is 29.1 Å². The molecule has 0 aliphatic rings. The third-order valence-corrected chi connectivity index (χ3v) is 0.583. The minimum absolute atomic E-state index is 0.794. The Bertz CT molecular complexity index is 149. The summed E-state index contributed by atoms with van der Waals surface area (Å²) in [5.41, 5.74) is 0. The van der Waals surface area contributed by atoms with E-state index in [1.54, 1.807) is 0 Å². The molecular weight excluding hydrogens is 147 g/mol. The fourth-order valence-electron chi connectivity index (χ4n) is 0.333. The zero-order chi connectivity index (χ0) is 8.20. The summed E-state index contributed by atoms with van der Waals surface area (Å²) in [4.78, 5) is 10.1. The van der Waals surface area contributed by atoms with Crippen molar-refractivity contribution in [2.24, 2.45) is 0 Å². The molecule has 0 fully saturated rings. The van der Waals surface area contributed by atoms with Crippen LogP contribution in [0.25, 0.3) is 0 Å². The Kier molecular flexibility index (Phi) is 2.92. The maximum atomic E-state index is 11.3. The molecule has 58 valence electrons. The smallest absolute Gasteiger partial charge is 0.270 e. The van der Waals surface area contributed by atoms with Crippen molar-refractivity contribution in [1.82, 2.24) is 5.32 Å². The maximum Gasteiger partial charge on any atom is 0.484 e. The number of halogens is 3. The summed E-state index contributed by atoms with van der Waals surface area (Å²) in [6, 6.07) is 0. The van der Waals surface area contributed by atoms with Crippen LogP contribution in [0.4, 0.5) is 13.2 Å². The summed E-state index contributed by atoms with van der Waals surface area (Å²) in [7, 11) is 0. The van der Waals surface area contributed by atoms with Gasteiger partial charge in [0.2, 0.25) is 5.91 Å². The van der Waals surface area contributed by atoms with Gasteiger partial charge in [-0.15, -0.1) is 0 Å². The van der Waals surface area contributed by atoms with Gasteiger partial charge in [0.15, 0.2) is 0 Å². The van der Waals surface area contributed by atoms with E-state index < -0.39 is 12.2 Å². The average Bonchev–Trinajstić information content (AvgIpc) is 1.59. The number of rotatable bonds is 1. The fraction of sp³-hybridized carbons (Fsp3) is 0.400. The van der Waals surface area contributed by atoms with E-state index in [0.717, 1.165) is 11.4 Å². The average molecular weight is 153 g/mol. The molecule has 0 heterocycles. The first-order chi connectivity index (χ1) is 4.45. The van der Waals surface area contributed by atoms with Crippen LogP contribution in [0.5, 0.6) is 0 Å². The van der Waals surface area contributed by atoms with Crippen LogP contribution in [0.2, 0.25) is 0 Å². The van der Waals surface area contributed by atoms with Gasteiger partial charge in [-0.25, -0.2) is 0 Å². The van der Waals surface area contributed by atoms with Crippen LogP contribution in [-0.2, 0) is 4.79 Å². The maximum absolute atomic E-state index is 11.3. The van der Waals surface area contributed by atoms with E-state index >= 15 is 0 Å². The Morgan fingerprint density at radius 1 is 1.50 bits per heavy atom. The Morgan fingerprint density at radius 3 is 2.30 bits per heavy atom. The number of allylic oxidation sites excluding steroid dienone is 1. The molecule has 0 saturated carbocycles. The molecule has 0 spiro atoms. The largest absolute Gasteiger partial charge is 0.484 e. The van der Waals surface area contributed by atoms with Crippen LogP contribution in [0.1, 0.15) is 6.92 Å². The first kappa shape index (κ1) is 9.00. The van der Waals surface area contributed by atoms with Crippen LogP contribution < -0.4 is 5.32 Å². The van der Waals surface area contributed by atoms with Crippen molar-refractivity contribution < 1.29 is 18.0 Å². The van der Waals surface area contributed by atoms with Crippen LogP contribution in [0.15, 0.2) is 12.2 Å². The minimum Gasteiger partial charge on any atom is -0.270 e. The summed E-state index contributed by atoms with van der Waals surface area (Å²) in [6.45, 7) is 1.45. The standard InChI is InChI=1S/C5H6F3NO/c1-2-3-4(10)9-5(6,7)8/h2-3H,1H3,(H,9,10)/b3-2+. The van der Waals surface area contributed by atoms with E-state index in [9.17, 15) is 18.0 Å². The number of hydrogen-bond acceptors (Lipinski definition) is 1. The molecule has 0 atom stereocenters. The lowest BCUT2D eigenvalue weighted by molar-refractivity contribution is -0.166. The van der Waals surface area contributed by atoms with Crippen molar-refractivity contribution in [3.05, 3.63) is 12.2 Å². The number of alkyl halides is 3. The Morgan fingerprint density at radius 2 is 2.00 bits per heavy atom. The second-order valence-corrected chi connectivity index (χ2v) is 1.49. The number of carbonyl (C=O) groups is 1. The molecule has 0 saturated heterocycles. The van der Waals surface area contributed by atoms with Gasteiger partial charge in [-0.05, 0) is 13.0 Å². The van der Waals surface area contributed by atoms with E-state index in [2.05, 4.69) is 0 Å². The second kappa shape index (κ2) is 3.24. The Hall–Kier alpha value is -1.00. The molecule has 0 aromatic heterocycles. The number of carbonyl (C=O) groups excluding carboxylic acids is 1. The number of amides is 1. The van der Waals surface area contributed by atoms with E-state index in [4.69, 9.17) is 0 Å². The molecule has 0 unspecified atom stereocenters. The van der Waals surface area contributed by atoms with Crippen LogP contribution in [0, 0.1) is 0 Å². The SMILES string of the molecule is C/C=C/C(=O)NC(F)(F)F. The highest BCUT2D eigenvalue weighted by molar-refractivity contribution is 5.87. The molecule has 0 bridgehead atoms. The predicted molar refractivity (Wildman–Crippen MR) is 29.0 cm³/mol. The normalized spacial score (nSPS) is 12.0. The zero-order valence-electron chi connectivity index (χ0n) is 5.20. The van der Waals surface area contributed by atoms with Crippen LogP contribution >= 0.6 is 0 Å². The van der Waals surface area contributed by atoms with Crippen molar-refractivity contribution in [1.29, 1.82) is 0 Å². The monoisotopic (exact) mass is 153 g/mol. The predicted octanol–water partition coefficient (Wildman–Crippen LogP) is 1.20. The molecular formula is C5H6F3NO. The quantitative estimate of drug-likeness (QED) is 0.445. The Labute approximate surface area is 55.7 Å². The lowest BCUT2D eigenvalue weighted by Gasteiger charge is -2.04. The highest BCUT2D eigenvalue weighted by Gasteiger charge is 2.28. The number of hydrogen-bond donors (Lipinski definition) is 1. The molecule has 0 radical (unpaired) electrons. The molecule has 0 rings (SSSR count). The van der Waals surface area contributed by atoms with Crippen molar-refractivity contribution in [2.75, 3.05) is 0 Å². The zero-order valence-corrected chi connectivity index (χ0v) is 5.20. The molecule has 10 heavy (non-hydrogen) atoms. The first-order valence-electron chi connectivity index (χ1n) is 2.47. The summed E-state index contributed by atoms with van der Waals surface area (Å²) >= 11 is 0. The summed E-state index contributed by atoms with van der Waals surface area (Å²) in [5.74, 6) is -1.16. The molecule has 1 amide bonds. The van der Waals surface area contributed by atoms with Crippen molar-refractivity contribution >= 4 is 5.91 Å². The summed E-state index contributed by atoms with van der Waals surface area (Å²) in [6.07, 6.45) is -2.61. The third-order valence-electron chi connectivity index (χ3n) is 0.583. The molecule has 5 heteroatoms. The van der Waals surface area contributed by atoms with E-state index in [1.165, 1.54) is 13.0 Å². The lowest BCUT2D eigenvalue weighted by Crippen LogP contribution is -2.35. The van der Waals surface area contributed by atoms with Crippen molar-refractivity contribution in [3.8, 4) is 0 Å². The van der Waals surface area contributed by atoms with E-state index in [-0.39, 0.29) is 0 Å². The summed E-state index contributed by atoms with van der Waals surface area (Å²) < 4.78 is 33.8. The lowest BCUT2D eigenvalue weighted by atomic mass is 10.5. The molecule has 0 aliphatic carbocycles. The van der Waals surface area contributed by atoms with Crippen LogP contribution in [-0.4, -0.2) is 12.2 Å². The van der Waals surface area contributed by atoms with Gasteiger partial charge in [-0.3, -0.25) is 10.1 Å². The first-order valence-corrected chi connectivity index (χ1v) is 2.47. The molecule has 0 aromatic rings. The molecule has 1 N–H and O–H groups in total. The molecule has 0 aliphatic heterocycles. The number of nitrogens with one attached hydrogen (secondary N) is 1. The highest BCUT2D eigenvalue weighted by Crippen LogP contribution is 2.08. The second-order valence-electron chi connectivity index (χ2n) is 1.49. The highest BCUT2D eigenvalue weighted by atomic mass is 19.4. The van der Waals surface area contributed by atoms with Gasteiger partial charge in [0.25, 0.3) is 0 Å². The van der Waals surface area contributed by atoms with E-state index in [1.807, 2.05) is 0 Å². The van der Waals surface area contributed by atoms with Gasteiger partial charge >= 0.3 is 6.30 Å². The Balaban J connectivity index is 3.81. The van der Waals surface area contributed by atoms with Gasteiger partial charge in [-0.2, -0.15) is 13.2 Å². The molecule has 0 aromatic carbocycles. The van der Waals surface area contributed by atoms with Crippen LogP contribution in [0.3, 0.4) is 0 Å². The van der Waals surface area contributed by atoms with Crippen molar-refractivity contribution in [3.63, 3.8) is 0 Å². The van der Waals surface area contributed by atoms with Gasteiger partial charge in [-0.1, -0.05) is 6.08 Å².